The number of methoxy groups -OCH3 is 1. The molecule has 3 N–H and O–H groups in total. The predicted octanol–water partition coefficient (Wildman–Crippen LogP) is 3.04. The maximum Gasteiger partial charge on any atom is 0.261 e. The van der Waals surface area contributed by atoms with Crippen molar-refractivity contribution in [2.24, 2.45) is 11.7 Å². The standard InChI is InChI=1S/C12H19BrN2O2S.ClH/c1-7(2)4-8(6-14)15-12(16)10-5-9(17-3)11(13)18-10;/h5,7-8H,4,6,14H2,1-3H3,(H,15,16);1H. The molecule has 1 aromatic rings. The Morgan fingerprint density at radius 1 is 1.58 bits per heavy atom. The van der Waals surface area contributed by atoms with Gasteiger partial charge in [-0.1, -0.05) is 13.8 Å². The summed E-state index contributed by atoms with van der Waals surface area (Å²) in [5, 5.41) is 2.95. The van der Waals surface area contributed by atoms with E-state index in [2.05, 4.69) is 35.1 Å². The van der Waals surface area contributed by atoms with E-state index in [1.54, 1.807) is 13.2 Å². The lowest BCUT2D eigenvalue weighted by Crippen LogP contribution is -2.40. The summed E-state index contributed by atoms with van der Waals surface area (Å²) in [7, 11) is 1.58. The molecule has 0 saturated heterocycles. The topological polar surface area (TPSA) is 64.3 Å². The second kappa shape index (κ2) is 8.79. The maximum atomic E-state index is 12.0. The van der Waals surface area contributed by atoms with Crippen molar-refractivity contribution in [2.75, 3.05) is 13.7 Å². The SMILES string of the molecule is COc1cc(C(=O)NC(CN)CC(C)C)sc1Br.Cl. The molecule has 0 fully saturated rings. The molecule has 110 valence electrons. The molecule has 19 heavy (non-hydrogen) atoms. The van der Waals surface area contributed by atoms with E-state index >= 15 is 0 Å². The summed E-state index contributed by atoms with van der Waals surface area (Å²) in [5.74, 6) is 1.09. The van der Waals surface area contributed by atoms with E-state index < -0.39 is 0 Å². The third kappa shape index (κ3) is 5.69. The zero-order valence-electron chi connectivity index (χ0n) is 11.2. The molecule has 0 radical (unpaired) electrons. The lowest BCUT2D eigenvalue weighted by Gasteiger charge is -2.18. The number of nitrogens with two attached hydrogens (primary N) is 1. The van der Waals surface area contributed by atoms with Crippen LogP contribution in [0.15, 0.2) is 9.85 Å². The summed E-state index contributed by atoms with van der Waals surface area (Å²) in [6, 6.07) is 1.75. The van der Waals surface area contributed by atoms with Crippen LogP contribution in [0, 0.1) is 5.92 Å². The Hall–Kier alpha value is -0.300. The third-order valence-corrected chi connectivity index (χ3v) is 4.25. The molecule has 0 aromatic carbocycles. The van der Waals surface area contributed by atoms with Crippen LogP contribution in [0.2, 0.25) is 0 Å². The van der Waals surface area contributed by atoms with Gasteiger partial charge in [0, 0.05) is 18.7 Å². The van der Waals surface area contributed by atoms with Gasteiger partial charge in [-0.2, -0.15) is 0 Å². The fourth-order valence-electron chi connectivity index (χ4n) is 1.64. The van der Waals surface area contributed by atoms with Gasteiger partial charge in [-0.3, -0.25) is 4.79 Å². The van der Waals surface area contributed by atoms with Crippen LogP contribution in [0.5, 0.6) is 5.75 Å². The van der Waals surface area contributed by atoms with Crippen LogP contribution < -0.4 is 15.8 Å². The zero-order valence-corrected chi connectivity index (χ0v) is 14.5. The highest BCUT2D eigenvalue weighted by Gasteiger charge is 2.17. The van der Waals surface area contributed by atoms with E-state index in [0.717, 1.165) is 10.2 Å². The Morgan fingerprint density at radius 3 is 2.63 bits per heavy atom. The minimum Gasteiger partial charge on any atom is -0.495 e. The number of hydrogen-bond donors (Lipinski definition) is 2. The van der Waals surface area contributed by atoms with Gasteiger partial charge in [-0.05, 0) is 28.3 Å². The van der Waals surface area contributed by atoms with E-state index in [0.29, 0.717) is 23.1 Å². The lowest BCUT2D eigenvalue weighted by atomic mass is 10.0. The highest BCUT2D eigenvalue weighted by Crippen LogP contribution is 2.34. The fraction of sp³-hybridized carbons (Fsp3) is 0.583. The second-order valence-corrected chi connectivity index (χ2v) is 6.86. The van der Waals surface area contributed by atoms with Crippen LogP contribution in [0.25, 0.3) is 0 Å². The first-order chi connectivity index (χ1) is 8.47. The molecule has 1 aromatic heterocycles. The summed E-state index contributed by atoms with van der Waals surface area (Å²) in [6.07, 6.45) is 0.881. The van der Waals surface area contributed by atoms with Crippen molar-refractivity contribution >= 4 is 45.6 Å². The Labute approximate surface area is 132 Å². The fourth-order valence-corrected chi connectivity index (χ4v) is 3.20. The first-order valence-electron chi connectivity index (χ1n) is 5.82. The summed E-state index contributed by atoms with van der Waals surface area (Å²) < 4.78 is 5.95. The minimum atomic E-state index is -0.0971. The Morgan fingerprint density at radius 2 is 2.21 bits per heavy atom. The first kappa shape index (κ1) is 18.7. The third-order valence-electron chi connectivity index (χ3n) is 2.47. The van der Waals surface area contributed by atoms with Crippen LogP contribution in [-0.2, 0) is 0 Å². The Balaban J connectivity index is 0.00000324. The molecule has 7 heteroatoms. The monoisotopic (exact) mass is 370 g/mol. The molecule has 0 aliphatic rings. The molecular weight excluding hydrogens is 352 g/mol. The van der Waals surface area contributed by atoms with Crippen LogP contribution in [0.3, 0.4) is 0 Å². The van der Waals surface area contributed by atoms with E-state index in [1.165, 1.54) is 11.3 Å². The molecule has 1 amide bonds. The number of ether oxygens (including phenoxy) is 1. The molecule has 1 rings (SSSR count). The van der Waals surface area contributed by atoms with Gasteiger partial charge in [-0.25, -0.2) is 0 Å². The van der Waals surface area contributed by atoms with Gasteiger partial charge in [0.05, 0.1) is 12.0 Å². The molecule has 0 aliphatic carbocycles. The quantitative estimate of drug-likeness (QED) is 0.808. The second-order valence-electron chi connectivity index (χ2n) is 4.49. The minimum absolute atomic E-state index is 0. The summed E-state index contributed by atoms with van der Waals surface area (Å²) >= 11 is 4.72. The van der Waals surface area contributed by atoms with E-state index in [4.69, 9.17) is 10.5 Å². The molecule has 0 aliphatic heterocycles. The van der Waals surface area contributed by atoms with Crippen molar-refractivity contribution in [1.29, 1.82) is 0 Å². The number of thiophene rings is 1. The number of hydrogen-bond acceptors (Lipinski definition) is 4. The predicted molar refractivity (Wildman–Crippen MR) is 85.6 cm³/mol. The van der Waals surface area contributed by atoms with E-state index in [1.807, 2.05) is 0 Å². The number of rotatable bonds is 6. The molecule has 1 unspecified atom stereocenters. The van der Waals surface area contributed by atoms with Gasteiger partial charge in [0.2, 0.25) is 0 Å². The van der Waals surface area contributed by atoms with Crippen molar-refractivity contribution in [1.82, 2.24) is 5.32 Å². The number of halogens is 2. The largest absolute Gasteiger partial charge is 0.495 e. The molecule has 1 heterocycles. The van der Waals surface area contributed by atoms with Gasteiger partial charge in [0.15, 0.2) is 0 Å². The summed E-state index contributed by atoms with van der Waals surface area (Å²) in [4.78, 5) is 12.7. The normalized spacial score (nSPS) is 11.9. The summed E-state index contributed by atoms with van der Waals surface area (Å²) in [5.41, 5.74) is 5.66. The van der Waals surface area contributed by atoms with Crippen LogP contribution in [0.1, 0.15) is 29.9 Å². The number of carbonyl (C=O) groups excluding carboxylic acids is 1. The maximum absolute atomic E-state index is 12.0. The summed E-state index contributed by atoms with van der Waals surface area (Å²) in [6.45, 7) is 4.67. The smallest absolute Gasteiger partial charge is 0.261 e. The molecule has 0 saturated carbocycles. The number of amides is 1. The zero-order chi connectivity index (χ0) is 13.7. The Kier molecular flexibility index (Phi) is 8.65. The molecule has 4 nitrogen and oxygen atoms in total. The average Bonchev–Trinajstić information content (AvgIpc) is 2.69. The number of carbonyl (C=O) groups is 1. The first-order valence-corrected chi connectivity index (χ1v) is 7.43. The van der Waals surface area contributed by atoms with E-state index in [-0.39, 0.29) is 24.4 Å². The highest BCUT2D eigenvalue weighted by atomic mass is 79.9. The van der Waals surface area contributed by atoms with Crippen molar-refractivity contribution in [3.63, 3.8) is 0 Å². The molecular formula is C12H20BrClN2O2S. The van der Waals surface area contributed by atoms with Crippen molar-refractivity contribution in [3.05, 3.63) is 14.7 Å². The van der Waals surface area contributed by atoms with Gasteiger partial charge < -0.3 is 15.8 Å². The van der Waals surface area contributed by atoms with Crippen LogP contribution in [0.4, 0.5) is 0 Å². The van der Waals surface area contributed by atoms with Crippen molar-refractivity contribution < 1.29 is 9.53 Å². The van der Waals surface area contributed by atoms with Gasteiger partial charge in [0.1, 0.15) is 9.54 Å². The molecule has 0 bridgehead atoms. The lowest BCUT2D eigenvalue weighted by molar-refractivity contribution is 0.0937. The average molecular weight is 372 g/mol. The van der Waals surface area contributed by atoms with Crippen molar-refractivity contribution in [2.45, 2.75) is 26.3 Å². The van der Waals surface area contributed by atoms with Crippen LogP contribution >= 0.6 is 39.7 Å². The van der Waals surface area contributed by atoms with Gasteiger partial charge >= 0.3 is 0 Å². The Bertz CT molecular complexity index is 412. The van der Waals surface area contributed by atoms with Crippen molar-refractivity contribution in [3.8, 4) is 5.75 Å². The van der Waals surface area contributed by atoms with Gasteiger partial charge in [0.25, 0.3) is 5.91 Å². The van der Waals surface area contributed by atoms with Crippen LogP contribution in [-0.4, -0.2) is 25.6 Å². The van der Waals surface area contributed by atoms with Gasteiger partial charge in [-0.15, -0.1) is 23.7 Å². The molecule has 1 atom stereocenters. The molecule has 0 spiro atoms. The number of nitrogens with one attached hydrogen (secondary N) is 1. The highest BCUT2D eigenvalue weighted by molar-refractivity contribution is 9.11. The van der Waals surface area contributed by atoms with E-state index in [9.17, 15) is 4.79 Å².